The third-order valence-electron chi connectivity index (χ3n) is 4.34. The zero-order valence-corrected chi connectivity index (χ0v) is 17.1. The largest absolute Gasteiger partial charge is 0.484 e. The molecule has 0 heterocycles. The summed E-state index contributed by atoms with van der Waals surface area (Å²) in [6, 6.07) is 25.3. The molecule has 3 N–H and O–H groups in total. The molecule has 3 aromatic carbocycles. The van der Waals surface area contributed by atoms with Gasteiger partial charge < -0.3 is 15.4 Å². The summed E-state index contributed by atoms with van der Waals surface area (Å²) in [6.07, 6.45) is 1.52. The first-order chi connectivity index (χ1) is 15.1. The summed E-state index contributed by atoms with van der Waals surface area (Å²) in [5, 5.41) is 9.48. The van der Waals surface area contributed by atoms with Crippen molar-refractivity contribution in [3.63, 3.8) is 0 Å². The van der Waals surface area contributed by atoms with E-state index in [0.717, 1.165) is 11.1 Å². The van der Waals surface area contributed by atoms with Gasteiger partial charge in [-0.15, -0.1) is 0 Å². The van der Waals surface area contributed by atoms with Gasteiger partial charge in [0.15, 0.2) is 6.61 Å². The van der Waals surface area contributed by atoms with Crippen molar-refractivity contribution < 1.29 is 14.3 Å². The van der Waals surface area contributed by atoms with Gasteiger partial charge in [-0.1, -0.05) is 48.5 Å². The van der Waals surface area contributed by atoms with Crippen LogP contribution in [0.25, 0.3) is 0 Å². The first-order valence-electron chi connectivity index (χ1n) is 9.82. The molecule has 7 heteroatoms. The molecule has 0 radical (unpaired) electrons. The van der Waals surface area contributed by atoms with Crippen LogP contribution in [0.5, 0.6) is 5.75 Å². The lowest BCUT2D eigenvalue weighted by atomic mass is 10.1. The number of carbonyl (C=O) groups is 2. The third-order valence-corrected chi connectivity index (χ3v) is 4.34. The lowest BCUT2D eigenvalue weighted by molar-refractivity contribution is -0.123. The van der Waals surface area contributed by atoms with Gasteiger partial charge in [0.05, 0.1) is 12.3 Å². The van der Waals surface area contributed by atoms with Crippen molar-refractivity contribution >= 4 is 23.8 Å². The quantitative estimate of drug-likeness (QED) is 0.381. The molecule has 3 amide bonds. The van der Waals surface area contributed by atoms with E-state index >= 15 is 0 Å². The molecular formula is C24H24N4O3. The van der Waals surface area contributed by atoms with Gasteiger partial charge in [-0.05, 0) is 54.4 Å². The first-order valence-corrected chi connectivity index (χ1v) is 9.82. The van der Waals surface area contributed by atoms with Crippen molar-refractivity contribution in [3.8, 4) is 5.75 Å². The van der Waals surface area contributed by atoms with Crippen LogP contribution in [0.15, 0.2) is 90.0 Å². The number of hydrogen-bond acceptors (Lipinski definition) is 4. The van der Waals surface area contributed by atoms with Crippen molar-refractivity contribution in [3.05, 3.63) is 96.1 Å². The van der Waals surface area contributed by atoms with Crippen LogP contribution < -0.4 is 20.8 Å². The summed E-state index contributed by atoms with van der Waals surface area (Å²) < 4.78 is 5.53. The molecule has 0 saturated carbocycles. The van der Waals surface area contributed by atoms with Crippen molar-refractivity contribution in [2.75, 3.05) is 11.9 Å². The number of hydrogen-bond donors (Lipinski definition) is 3. The standard InChI is InChI=1S/C24H24N4O3/c1-18(20-8-4-2-5-9-20)26-23(29)17-31-22-14-12-19(13-15-22)16-25-28-24(30)27-21-10-6-3-7-11-21/h2-16,18H,17H2,1H3,(H,26,29)(H2,27,28,30)/b25-16-/t18-/m0/s1. The van der Waals surface area contributed by atoms with Crippen LogP contribution >= 0.6 is 0 Å². The molecular weight excluding hydrogens is 392 g/mol. The highest BCUT2D eigenvalue weighted by Crippen LogP contribution is 2.13. The number of nitrogens with zero attached hydrogens (tertiary/aromatic N) is 1. The molecule has 7 nitrogen and oxygen atoms in total. The number of nitrogens with one attached hydrogen (secondary N) is 3. The number of carbonyl (C=O) groups excluding carboxylic acids is 2. The van der Waals surface area contributed by atoms with Crippen molar-refractivity contribution in [2.45, 2.75) is 13.0 Å². The van der Waals surface area contributed by atoms with Crippen LogP contribution in [0, 0.1) is 0 Å². The Morgan fingerprint density at radius 1 is 0.935 bits per heavy atom. The van der Waals surface area contributed by atoms with Crippen LogP contribution in [0.3, 0.4) is 0 Å². The van der Waals surface area contributed by atoms with E-state index in [1.807, 2.05) is 55.5 Å². The number of hydrazone groups is 1. The average molecular weight is 416 g/mol. The zero-order chi connectivity index (χ0) is 21.9. The van der Waals surface area contributed by atoms with Crippen molar-refractivity contribution in [1.29, 1.82) is 0 Å². The van der Waals surface area contributed by atoms with Crippen LogP contribution in [-0.2, 0) is 4.79 Å². The van der Waals surface area contributed by atoms with Gasteiger partial charge in [-0.3, -0.25) is 4.79 Å². The molecule has 0 saturated heterocycles. The van der Waals surface area contributed by atoms with E-state index in [-0.39, 0.29) is 18.6 Å². The summed E-state index contributed by atoms with van der Waals surface area (Å²) >= 11 is 0. The molecule has 0 aliphatic rings. The van der Waals surface area contributed by atoms with Crippen molar-refractivity contribution in [1.82, 2.24) is 10.7 Å². The van der Waals surface area contributed by atoms with E-state index in [0.29, 0.717) is 11.4 Å². The second-order valence-electron chi connectivity index (χ2n) is 6.75. The number of ether oxygens (including phenoxy) is 1. The number of benzene rings is 3. The van der Waals surface area contributed by atoms with Gasteiger partial charge in [0, 0.05) is 5.69 Å². The molecule has 0 aliphatic carbocycles. The van der Waals surface area contributed by atoms with E-state index in [9.17, 15) is 9.59 Å². The Morgan fingerprint density at radius 3 is 2.26 bits per heavy atom. The normalized spacial score (nSPS) is 11.5. The summed E-state index contributed by atoms with van der Waals surface area (Å²) in [5.41, 5.74) is 4.89. The Morgan fingerprint density at radius 2 is 1.58 bits per heavy atom. The molecule has 0 aliphatic heterocycles. The molecule has 0 aromatic heterocycles. The Balaban J connectivity index is 1.40. The highest BCUT2D eigenvalue weighted by Gasteiger charge is 2.09. The van der Waals surface area contributed by atoms with Crippen molar-refractivity contribution in [2.24, 2.45) is 5.10 Å². The minimum Gasteiger partial charge on any atom is -0.484 e. The number of rotatable bonds is 8. The van der Waals surface area contributed by atoms with E-state index < -0.39 is 6.03 Å². The fraction of sp³-hybridized carbons (Fsp3) is 0.125. The van der Waals surface area contributed by atoms with Crippen LogP contribution in [0.1, 0.15) is 24.1 Å². The van der Waals surface area contributed by atoms with Gasteiger partial charge in [0.25, 0.3) is 5.91 Å². The monoisotopic (exact) mass is 416 g/mol. The molecule has 0 spiro atoms. The van der Waals surface area contributed by atoms with E-state index in [4.69, 9.17) is 4.74 Å². The molecule has 3 rings (SSSR count). The minimum absolute atomic E-state index is 0.0776. The van der Waals surface area contributed by atoms with Gasteiger partial charge in [0.2, 0.25) is 0 Å². The highest BCUT2D eigenvalue weighted by molar-refractivity contribution is 5.90. The van der Waals surface area contributed by atoms with Gasteiger partial charge in [-0.2, -0.15) is 5.10 Å². The fourth-order valence-electron chi connectivity index (χ4n) is 2.75. The van der Waals surface area contributed by atoms with Gasteiger partial charge in [-0.25, -0.2) is 10.2 Å². The van der Waals surface area contributed by atoms with E-state index in [1.165, 1.54) is 6.21 Å². The van der Waals surface area contributed by atoms with Gasteiger partial charge >= 0.3 is 6.03 Å². The maximum Gasteiger partial charge on any atom is 0.339 e. The molecule has 0 fully saturated rings. The second kappa shape index (κ2) is 11.2. The van der Waals surface area contributed by atoms with Crippen LogP contribution in [0.4, 0.5) is 10.5 Å². The van der Waals surface area contributed by atoms with E-state index in [1.54, 1.807) is 36.4 Å². The Kier molecular flexibility index (Phi) is 7.77. The molecule has 31 heavy (non-hydrogen) atoms. The Bertz CT molecular complexity index is 1010. The average Bonchev–Trinajstić information content (AvgIpc) is 2.80. The number of urea groups is 1. The predicted octanol–water partition coefficient (Wildman–Crippen LogP) is 4.10. The number of amides is 3. The Labute approximate surface area is 181 Å². The van der Waals surface area contributed by atoms with E-state index in [2.05, 4.69) is 21.2 Å². The lowest BCUT2D eigenvalue weighted by Crippen LogP contribution is -2.31. The van der Waals surface area contributed by atoms with Crippen LogP contribution in [0.2, 0.25) is 0 Å². The molecule has 0 unspecified atom stereocenters. The molecule has 3 aromatic rings. The molecule has 158 valence electrons. The number of para-hydroxylation sites is 1. The van der Waals surface area contributed by atoms with Crippen LogP contribution in [-0.4, -0.2) is 24.8 Å². The zero-order valence-electron chi connectivity index (χ0n) is 17.1. The molecule has 1 atom stereocenters. The summed E-state index contributed by atoms with van der Waals surface area (Å²) in [6.45, 7) is 1.85. The maximum absolute atomic E-state index is 12.1. The molecule has 0 bridgehead atoms. The summed E-state index contributed by atoms with van der Waals surface area (Å²) in [4.78, 5) is 23.9. The lowest BCUT2D eigenvalue weighted by Gasteiger charge is -2.14. The van der Waals surface area contributed by atoms with Gasteiger partial charge in [0.1, 0.15) is 5.75 Å². The second-order valence-corrected chi connectivity index (χ2v) is 6.75. The highest BCUT2D eigenvalue weighted by atomic mass is 16.5. The first kappa shape index (κ1) is 21.6. The summed E-state index contributed by atoms with van der Waals surface area (Å²) in [5.74, 6) is 0.366. The smallest absolute Gasteiger partial charge is 0.339 e. The topological polar surface area (TPSA) is 91.8 Å². The predicted molar refractivity (Wildman–Crippen MR) is 121 cm³/mol. The fourth-order valence-corrected chi connectivity index (χ4v) is 2.75. The summed E-state index contributed by atoms with van der Waals surface area (Å²) in [7, 11) is 0. The SMILES string of the molecule is C[C@H](NC(=O)COc1ccc(/C=N\NC(=O)Nc2ccccc2)cc1)c1ccccc1. The minimum atomic E-state index is -0.432. The third kappa shape index (κ3) is 7.32. The Hall–Kier alpha value is -4.13. The number of anilines is 1. The maximum atomic E-state index is 12.1.